The maximum atomic E-state index is 12.8. The van der Waals surface area contributed by atoms with Crippen LogP contribution in [0, 0.1) is 6.92 Å². The molecular weight excluding hydrogens is 398 g/mol. The van der Waals surface area contributed by atoms with Crippen molar-refractivity contribution in [3.8, 4) is 0 Å². The molecule has 1 aliphatic heterocycles. The Hall–Kier alpha value is -2.53. The van der Waals surface area contributed by atoms with Crippen molar-refractivity contribution in [3.63, 3.8) is 0 Å². The van der Waals surface area contributed by atoms with Crippen LogP contribution in [0.4, 0.5) is 5.69 Å². The number of hydrogen-bond acceptors (Lipinski definition) is 3. The van der Waals surface area contributed by atoms with Crippen LogP contribution in [0.25, 0.3) is 0 Å². The van der Waals surface area contributed by atoms with Gasteiger partial charge < -0.3 is 15.1 Å². The van der Waals surface area contributed by atoms with Gasteiger partial charge in [-0.25, -0.2) is 0 Å². The van der Waals surface area contributed by atoms with Gasteiger partial charge in [-0.3, -0.25) is 9.59 Å². The Balaban J connectivity index is 1.51. The summed E-state index contributed by atoms with van der Waals surface area (Å²) < 4.78 is 0. The first-order valence-corrected chi connectivity index (χ1v) is 11.0. The lowest BCUT2D eigenvalue weighted by Gasteiger charge is -2.26. The van der Waals surface area contributed by atoms with Crippen molar-refractivity contribution in [1.29, 1.82) is 0 Å². The molecule has 1 saturated heterocycles. The zero-order chi connectivity index (χ0) is 21.5. The Bertz CT molecular complexity index is 886. The van der Waals surface area contributed by atoms with E-state index in [-0.39, 0.29) is 11.8 Å². The van der Waals surface area contributed by atoms with Crippen molar-refractivity contribution in [2.75, 3.05) is 24.5 Å². The van der Waals surface area contributed by atoms with Gasteiger partial charge >= 0.3 is 0 Å². The van der Waals surface area contributed by atoms with Crippen LogP contribution in [-0.4, -0.2) is 42.4 Å². The Morgan fingerprint density at radius 3 is 2.77 bits per heavy atom. The summed E-state index contributed by atoms with van der Waals surface area (Å²) >= 11 is 6.24. The Morgan fingerprint density at radius 1 is 1.23 bits per heavy atom. The summed E-state index contributed by atoms with van der Waals surface area (Å²) in [6, 6.07) is 15.5. The molecule has 1 aliphatic rings. The van der Waals surface area contributed by atoms with E-state index in [0.29, 0.717) is 31.0 Å². The molecule has 6 heteroatoms. The number of hydrogen-bond donors (Lipinski definition) is 1. The topological polar surface area (TPSA) is 52.7 Å². The molecule has 2 aromatic rings. The number of aryl methyl sites for hydroxylation is 1. The van der Waals surface area contributed by atoms with Gasteiger partial charge in [0.05, 0.1) is 0 Å². The Labute approximate surface area is 184 Å². The Kier molecular flexibility index (Phi) is 7.75. The molecule has 0 radical (unpaired) electrons. The minimum Gasteiger partial charge on any atom is -0.372 e. The quantitative estimate of drug-likeness (QED) is 0.611. The van der Waals surface area contributed by atoms with Gasteiger partial charge in [-0.2, -0.15) is 0 Å². The molecule has 30 heavy (non-hydrogen) atoms. The number of rotatable bonds is 9. The van der Waals surface area contributed by atoms with E-state index in [4.69, 9.17) is 11.6 Å². The third-order valence-corrected chi connectivity index (χ3v) is 5.95. The fourth-order valence-corrected chi connectivity index (χ4v) is 4.10. The van der Waals surface area contributed by atoms with Crippen LogP contribution < -0.4 is 10.2 Å². The number of nitrogens with one attached hydrogen (secondary N) is 1. The summed E-state index contributed by atoms with van der Waals surface area (Å²) in [6.45, 7) is 6.97. The van der Waals surface area contributed by atoms with Crippen LogP contribution >= 0.6 is 11.6 Å². The van der Waals surface area contributed by atoms with Crippen molar-refractivity contribution in [2.45, 2.75) is 45.7 Å². The summed E-state index contributed by atoms with van der Waals surface area (Å²) in [7, 11) is 0. The van der Waals surface area contributed by atoms with Crippen molar-refractivity contribution < 1.29 is 9.59 Å². The van der Waals surface area contributed by atoms with E-state index in [9.17, 15) is 9.59 Å². The average Bonchev–Trinajstić information content (AvgIpc) is 3.10. The van der Waals surface area contributed by atoms with Gasteiger partial charge in [0, 0.05) is 43.3 Å². The molecule has 3 rings (SSSR count). The number of carbonyl (C=O) groups is 2. The first kappa shape index (κ1) is 22.2. The maximum absolute atomic E-state index is 12.8. The fraction of sp³-hybridized carbons (Fsp3) is 0.417. The van der Waals surface area contributed by atoms with E-state index in [0.717, 1.165) is 25.1 Å². The monoisotopic (exact) mass is 427 g/mol. The summed E-state index contributed by atoms with van der Waals surface area (Å²) in [6.07, 6.45) is 1.80. The number of carbonyl (C=O) groups excluding carboxylic acids is 2. The lowest BCUT2D eigenvalue weighted by Crippen LogP contribution is -2.45. The molecule has 0 bridgehead atoms. The predicted molar refractivity (Wildman–Crippen MR) is 122 cm³/mol. The number of halogens is 1. The lowest BCUT2D eigenvalue weighted by molar-refractivity contribution is -0.135. The van der Waals surface area contributed by atoms with Crippen molar-refractivity contribution >= 4 is 29.1 Å². The first-order valence-electron chi connectivity index (χ1n) is 10.6. The first-order chi connectivity index (χ1) is 14.5. The molecule has 1 fully saturated rings. The van der Waals surface area contributed by atoms with Gasteiger partial charge in [-0.05, 0) is 56.0 Å². The molecule has 0 saturated carbocycles. The molecule has 2 aromatic carbocycles. The van der Waals surface area contributed by atoms with Crippen molar-refractivity contribution in [3.05, 3.63) is 64.7 Å². The van der Waals surface area contributed by atoms with Gasteiger partial charge in [0.15, 0.2) is 0 Å². The molecule has 0 spiro atoms. The zero-order valence-corrected chi connectivity index (χ0v) is 18.5. The van der Waals surface area contributed by atoms with Crippen LogP contribution in [0.15, 0.2) is 48.5 Å². The SMILES string of the molecule is CCN(CCCNC(=O)[C@@H]1CCC(=O)N1Cc1ccccc1Cl)c1cccc(C)c1. The molecule has 5 nitrogen and oxygen atoms in total. The second-order valence-corrected chi connectivity index (χ2v) is 8.14. The van der Waals surface area contributed by atoms with Gasteiger partial charge in [-0.15, -0.1) is 0 Å². The molecule has 2 amide bonds. The van der Waals surface area contributed by atoms with Crippen LogP contribution in [-0.2, 0) is 16.1 Å². The summed E-state index contributed by atoms with van der Waals surface area (Å²) in [4.78, 5) is 29.1. The van der Waals surface area contributed by atoms with Crippen molar-refractivity contribution in [1.82, 2.24) is 10.2 Å². The Morgan fingerprint density at radius 2 is 2.03 bits per heavy atom. The van der Waals surface area contributed by atoms with E-state index in [1.54, 1.807) is 11.0 Å². The highest BCUT2D eigenvalue weighted by molar-refractivity contribution is 6.31. The van der Waals surface area contributed by atoms with Gasteiger partial charge in [0.2, 0.25) is 11.8 Å². The van der Waals surface area contributed by atoms with E-state index >= 15 is 0 Å². The number of amides is 2. The van der Waals surface area contributed by atoms with Gasteiger partial charge in [0.1, 0.15) is 6.04 Å². The minimum atomic E-state index is -0.423. The minimum absolute atomic E-state index is 0.00618. The highest BCUT2D eigenvalue weighted by Gasteiger charge is 2.35. The van der Waals surface area contributed by atoms with E-state index in [1.165, 1.54) is 11.3 Å². The third kappa shape index (κ3) is 5.54. The summed E-state index contributed by atoms with van der Waals surface area (Å²) in [5.74, 6) is -0.0711. The average molecular weight is 428 g/mol. The fourth-order valence-electron chi connectivity index (χ4n) is 3.91. The molecule has 160 valence electrons. The normalized spacial score (nSPS) is 16.0. The molecule has 1 atom stereocenters. The lowest BCUT2D eigenvalue weighted by atomic mass is 10.1. The summed E-state index contributed by atoms with van der Waals surface area (Å²) in [5, 5.41) is 3.64. The van der Waals surface area contributed by atoms with Crippen LogP contribution in [0.2, 0.25) is 5.02 Å². The smallest absolute Gasteiger partial charge is 0.242 e. The molecular formula is C24H30ClN3O2. The number of benzene rings is 2. The predicted octanol–water partition coefficient (Wildman–Crippen LogP) is 4.17. The highest BCUT2D eigenvalue weighted by Crippen LogP contribution is 2.25. The molecule has 0 unspecified atom stereocenters. The van der Waals surface area contributed by atoms with E-state index < -0.39 is 6.04 Å². The third-order valence-electron chi connectivity index (χ3n) is 5.58. The van der Waals surface area contributed by atoms with Crippen molar-refractivity contribution in [2.24, 2.45) is 0 Å². The van der Waals surface area contributed by atoms with Crippen LogP contribution in [0.1, 0.15) is 37.3 Å². The molecule has 1 N–H and O–H groups in total. The summed E-state index contributed by atoms with van der Waals surface area (Å²) in [5.41, 5.74) is 3.31. The van der Waals surface area contributed by atoms with E-state index in [1.807, 2.05) is 18.2 Å². The zero-order valence-electron chi connectivity index (χ0n) is 17.7. The van der Waals surface area contributed by atoms with Gasteiger partial charge in [-0.1, -0.05) is 41.9 Å². The number of nitrogens with zero attached hydrogens (tertiary/aromatic N) is 2. The van der Waals surface area contributed by atoms with Gasteiger partial charge in [0.25, 0.3) is 0 Å². The van der Waals surface area contributed by atoms with Crippen LogP contribution in [0.3, 0.4) is 0 Å². The van der Waals surface area contributed by atoms with Crippen LogP contribution in [0.5, 0.6) is 0 Å². The second-order valence-electron chi connectivity index (χ2n) is 7.73. The molecule has 1 heterocycles. The largest absolute Gasteiger partial charge is 0.372 e. The molecule has 0 aromatic heterocycles. The number of anilines is 1. The second kappa shape index (κ2) is 10.5. The maximum Gasteiger partial charge on any atom is 0.242 e. The number of likely N-dealkylation sites (tertiary alicyclic amines) is 1. The van der Waals surface area contributed by atoms with E-state index in [2.05, 4.69) is 48.3 Å². The highest BCUT2D eigenvalue weighted by atomic mass is 35.5. The molecule has 0 aliphatic carbocycles. The standard InChI is InChI=1S/C24H30ClN3O2/c1-3-27(20-10-6-8-18(2)16-20)15-7-14-26-24(30)22-12-13-23(29)28(22)17-19-9-4-5-11-21(19)25/h4-6,8-11,16,22H,3,7,12-15,17H2,1-2H3,(H,26,30)/t22-/m0/s1.